The van der Waals surface area contributed by atoms with Gasteiger partial charge in [-0.2, -0.15) is 0 Å². The molecule has 0 unspecified atom stereocenters. The number of para-hydroxylation sites is 2. The Labute approximate surface area is 268 Å². The van der Waals surface area contributed by atoms with Crippen LogP contribution in [-0.2, 0) is 0 Å². The first-order chi connectivity index (χ1) is 22.8. The van der Waals surface area contributed by atoms with E-state index in [-0.39, 0.29) is 0 Å². The summed E-state index contributed by atoms with van der Waals surface area (Å²) in [6.07, 6.45) is 0. The van der Waals surface area contributed by atoms with Crippen molar-refractivity contribution in [2.45, 2.75) is 0 Å². The molecule has 0 aliphatic carbocycles. The number of hydrogen-bond donors (Lipinski definition) is 0. The van der Waals surface area contributed by atoms with Crippen LogP contribution in [0.3, 0.4) is 0 Å². The first-order valence-corrected chi connectivity index (χ1v) is 15.8. The van der Waals surface area contributed by atoms with Crippen LogP contribution in [0.2, 0.25) is 0 Å². The lowest BCUT2D eigenvalue weighted by Gasteiger charge is -2.27. The van der Waals surface area contributed by atoms with Crippen LogP contribution < -0.4 is 4.90 Å². The molecule has 8 aromatic carbocycles. The Bertz CT molecular complexity index is 2510. The van der Waals surface area contributed by atoms with Crippen molar-refractivity contribution in [2.24, 2.45) is 0 Å². The zero-order valence-electron chi connectivity index (χ0n) is 25.2. The summed E-state index contributed by atoms with van der Waals surface area (Å²) in [6.45, 7) is 0. The fraction of sp³-hybridized carbons (Fsp3) is 0. The van der Waals surface area contributed by atoms with Crippen LogP contribution in [0.25, 0.3) is 60.2 Å². The van der Waals surface area contributed by atoms with Crippen LogP contribution in [0.5, 0.6) is 0 Å². The lowest BCUT2D eigenvalue weighted by molar-refractivity contribution is 1.19. The molecule has 0 fully saturated rings. The minimum absolute atomic E-state index is 1.12. The molecule has 0 bridgehead atoms. The highest BCUT2D eigenvalue weighted by atomic mass is 15.1. The van der Waals surface area contributed by atoms with Gasteiger partial charge in [-0.05, 0) is 87.9 Å². The van der Waals surface area contributed by atoms with Gasteiger partial charge in [0.25, 0.3) is 0 Å². The summed E-state index contributed by atoms with van der Waals surface area (Å²) in [5.41, 5.74) is 9.42. The summed E-state index contributed by atoms with van der Waals surface area (Å²) in [6, 6.07) is 65.7. The van der Waals surface area contributed by atoms with E-state index < -0.39 is 0 Å². The molecule has 0 saturated carbocycles. The van der Waals surface area contributed by atoms with E-state index in [0.717, 1.165) is 22.7 Å². The molecule has 0 aliphatic heterocycles. The van der Waals surface area contributed by atoms with E-state index in [9.17, 15) is 0 Å². The Morgan fingerprint density at radius 3 is 1.78 bits per heavy atom. The number of anilines is 3. The van der Waals surface area contributed by atoms with Crippen molar-refractivity contribution in [3.63, 3.8) is 0 Å². The molecule has 2 nitrogen and oxygen atoms in total. The van der Waals surface area contributed by atoms with Crippen LogP contribution in [0.1, 0.15) is 0 Å². The fourth-order valence-electron chi connectivity index (χ4n) is 6.96. The van der Waals surface area contributed by atoms with Crippen molar-refractivity contribution in [1.82, 2.24) is 4.57 Å². The van der Waals surface area contributed by atoms with Gasteiger partial charge in [-0.25, -0.2) is 0 Å². The molecule has 0 spiro atoms. The van der Waals surface area contributed by atoms with E-state index in [1.807, 2.05) is 0 Å². The molecule has 2 heteroatoms. The standard InChI is InChI=1S/C44H30N2/c1-3-12-31(13-4-1)32-22-24-37(25-23-32)45(36-17-5-2-6-18-36)42-21-11-16-35-28-38(26-27-39(35)42)46-43-20-10-9-19-40(43)41-29-33-14-7-8-15-34(33)30-44(41)46/h1-30H. The smallest absolute Gasteiger partial charge is 0.0547 e. The summed E-state index contributed by atoms with van der Waals surface area (Å²) in [5, 5.41) is 7.46. The highest BCUT2D eigenvalue weighted by Gasteiger charge is 2.17. The maximum atomic E-state index is 2.42. The number of nitrogens with zero attached hydrogens (tertiary/aromatic N) is 2. The van der Waals surface area contributed by atoms with Gasteiger partial charge in [0, 0.05) is 33.2 Å². The van der Waals surface area contributed by atoms with Gasteiger partial charge in [-0.3, -0.25) is 0 Å². The Kier molecular flexibility index (Phi) is 6.17. The summed E-state index contributed by atoms with van der Waals surface area (Å²) in [4.78, 5) is 2.36. The van der Waals surface area contributed by atoms with E-state index in [4.69, 9.17) is 0 Å². The quantitative estimate of drug-likeness (QED) is 0.195. The number of hydrogen-bond acceptors (Lipinski definition) is 1. The topological polar surface area (TPSA) is 8.17 Å². The SMILES string of the molecule is c1ccc(-c2ccc(N(c3ccccc3)c3cccc4cc(-n5c6ccccc6c6cc7ccccc7cc65)ccc34)cc2)cc1. The molecule has 216 valence electrons. The molecule has 0 N–H and O–H groups in total. The molecule has 0 aliphatic rings. The van der Waals surface area contributed by atoms with Gasteiger partial charge in [0.2, 0.25) is 0 Å². The first kappa shape index (κ1) is 26.3. The van der Waals surface area contributed by atoms with Crippen LogP contribution in [-0.4, -0.2) is 4.57 Å². The molecule has 0 amide bonds. The summed E-state index contributed by atoms with van der Waals surface area (Å²) in [7, 11) is 0. The molecule has 9 aromatic rings. The average molecular weight is 587 g/mol. The van der Waals surface area contributed by atoms with Gasteiger partial charge in [-0.15, -0.1) is 0 Å². The molecule has 0 atom stereocenters. The van der Waals surface area contributed by atoms with Gasteiger partial charge in [0.1, 0.15) is 0 Å². The van der Waals surface area contributed by atoms with Crippen molar-refractivity contribution in [1.29, 1.82) is 0 Å². The number of fused-ring (bicyclic) bond motifs is 5. The van der Waals surface area contributed by atoms with Crippen LogP contribution in [0.4, 0.5) is 17.1 Å². The Hall–Kier alpha value is -6.12. The Balaban J connectivity index is 1.21. The van der Waals surface area contributed by atoms with Crippen molar-refractivity contribution < 1.29 is 0 Å². The Morgan fingerprint density at radius 1 is 0.348 bits per heavy atom. The predicted molar refractivity (Wildman–Crippen MR) is 196 cm³/mol. The molecule has 1 heterocycles. The van der Waals surface area contributed by atoms with E-state index in [1.165, 1.54) is 54.5 Å². The maximum absolute atomic E-state index is 2.42. The zero-order valence-corrected chi connectivity index (χ0v) is 25.2. The molecule has 0 radical (unpaired) electrons. The highest BCUT2D eigenvalue weighted by molar-refractivity contribution is 6.14. The summed E-state index contributed by atoms with van der Waals surface area (Å²) in [5.74, 6) is 0. The number of rotatable bonds is 5. The molecular weight excluding hydrogens is 556 g/mol. The van der Waals surface area contributed by atoms with Crippen molar-refractivity contribution in [3.8, 4) is 16.8 Å². The summed E-state index contributed by atoms with van der Waals surface area (Å²) < 4.78 is 2.42. The third-order valence-corrected chi connectivity index (χ3v) is 9.13. The predicted octanol–water partition coefficient (Wildman–Crippen LogP) is 12.2. The van der Waals surface area contributed by atoms with E-state index in [2.05, 4.69) is 191 Å². The van der Waals surface area contributed by atoms with Gasteiger partial charge in [-0.1, -0.05) is 121 Å². The van der Waals surface area contributed by atoms with E-state index in [1.54, 1.807) is 0 Å². The number of benzene rings is 8. The van der Waals surface area contributed by atoms with Gasteiger partial charge < -0.3 is 9.47 Å². The fourth-order valence-corrected chi connectivity index (χ4v) is 6.96. The zero-order chi connectivity index (χ0) is 30.5. The van der Waals surface area contributed by atoms with Crippen LogP contribution >= 0.6 is 0 Å². The molecule has 1 aromatic heterocycles. The van der Waals surface area contributed by atoms with Crippen molar-refractivity contribution in [2.75, 3.05) is 4.90 Å². The molecular formula is C44H30N2. The second-order valence-electron chi connectivity index (χ2n) is 11.8. The van der Waals surface area contributed by atoms with E-state index >= 15 is 0 Å². The molecule has 9 rings (SSSR count). The largest absolute Gasteiger partial charge is 0.310 e. The minimum atomic E-state index is 1.12. The second kappa shape index (κ2) is 10.8. The van der Waals surface area contributed by atoms with E-state index in [0.29, 0.717) is 0 Å². The monoisotopic (exact) mass is 586 g/mol. The van der Waals surface area contributed by atoms with Crippen LogP contribution in [0.15, 0.2) is 182 Å². The van der Waals surface area contributed by atoms with Gasteiger partial charge in [0.05, 0.1) is 16.7 Å². The second-order valence-corrected chi connectivity index (χ2v) is 11.8. The van der Waals surface area contributed by atoms with Crippen molar-refractivity contribution >= 4 is 60.4 Å². The minimum Gasteiger partial charge on any atom is -0.310 e. The Morgan fingerprint density at radius 2 is 0.978 bits per heavy atom. The lowest BCUT2D eigenvalue weighted by atomic mass is 10.0. The highest BCUT2D eigenvalue weighted by Crippen LogP contribution is 2.41. The average Bonchev–Trinajstić information content (AvgIpc) is 3.45. The normalized spacial score (nSPS) is 11.5. The van der Waals surface area contributed by atoms with Crippen molar-refractivity contribution in [3.05, 3.63) is 182 Å². The third-order valence-electron chi connectivity index (χ3n) is 9.13. The first-order valence-electron chi connectivity index (χ1n) is 15.8. The summed E-state index contributed by atoms with van der Waals surface area (Å²) >= 11 is 0. The molecule has 0 saturated heterocycles. The maximum Gasteiger partial charge on any atom is 0.0547 e. The third kappa shape index (κ3) is 4.35. The van der Waals surface area contributed by atoms with Gasteiger partial charge in [0.15, 0.2) is 0 Å². The number of aromatic nitrogens is 1. The van der Waals surface area contributed by atoms with Gasteiger partial charge >= 0.3 is 0 Å². The lowest BCUT2D eigenvalue weighted by Crippen LogP contribution is -2.10. The molecule has 46 heavy (non-hydrogen) atoms. The van der Waals surface area contributed by atoms with Crippen LogP contribution in [0, 0.1) is 0 Å².